The second-order valence-corrected chi connectivity index (χ2v) is 5.36. The number of halogens is 1. The third-order valence-corrected chi connectivity index (χ3v) is 3.69. The van der Waals surface area contributed by atoms with Crippen LogP contribution in [0.3, 0.4) is 0 Å². The molecule has 0 aliphatic carbocycles. The number of amides is 2. The number of nitrogens with zero attached hydrogens (tertiary/aromatic N) is 1. The van der Waals surface area contributed by atoms with Gasteiger partial charge < -0.3 is 15.7 Å². The van der Waals surface area contributed by atoms with E-state index in [1.165, 1.54) is 17.4 Å². The van der Waals surface area contributed by atoms with Gasteiger partial charge in [-0.25, -0.2) is 14.6 Å². The highest BCUT2D eigenvalue weighted by Gasteiger charge is 2.10. The predicted octanol–water partition coefficient (Wildman–Crippen LogP) is 2.93. The number of benzene rings is 1. The zero-order chi connectivity index (χ0) is 14.5. The van der Waals surface area contributed by atoms with E-state index in [1.54, 1.807) is 17.6 Å². The Kier molecular flexibility index (Phi) is 4.70. The summed E-state index contributed by atoms with van der Waals surface area (Å²) in [7, 11) is 0. The van der Waals surface area contributed by atoms with Crippen LogP contribution in [0.5, 0.6) is 0 Å². The van der Waals surface area contributed by atoms with Gasteiger partial charge in [0.25, 0.3) is 0 Å². The first-order valence-corrected chi connectivity index (χ1v) is 7.24. The molecule has 0 aliphatic heterocycles. The minimum Gasteiger partial charge on any atom is -0.478 e. The Balaban J connectivity index is 1.97. The van der Waals surface area contributed by atoms with E-state index in [4.69, 9.17) is 5.11 Å². The molecule has 104 valence electrons. The van der Waals surface area contributed by atoms with Crippen LogP contribution in [0.1, 0.15) is 16.1 Å². The van der Waals surface area contributed by atoms with Crippen molar-refractivity contribution in [3.8, 4) is 0 Å². The molecular weight excluding hydrogens is 346 g/mol. The number of urea groups is 1. The predicted molar refractivity (Wildman–Crippen MR) is 79.1 cm³/mol. The van der Waals surface area contributed by atoms with Gasteiger partial charge >= 0.3 is 12.0 Å². The number of carboxylic acid groups (broad SMARTS) is 1. The zero-order valence-corrected chi connectivity index (χ0v) is 12.5. The summed E-state index contributed by atoms with van der Waals surface area (Å²) >= 11 is 4.59. The van der Waals surface area contributed by atoms with Crippen molar-refractivity contribution >= 4 is 45.0 Å². The van der Waals surface area contributed by atoms with Gasteiger partial charge in [0, 0.05) is 15.5 Å². The van der Waals surface area contributed by atoms with Gasteiger partial charge in [-0.1, -0.05) is 0 Å². The van der Waals surface area contributed by atoms with Crippen molar-refractivity contribution in [1.82, 2.24) is 10.3 Å². The Bertz CT molecular complexity index is 631. The van der Waals surface area contributed by atoms with Crippen LogP contribution >= 0.6 is 27.3 Å². The molecule has 0 fully saturated rings. The first-order chi connectivity index (χ1) is 9.56. The van der Waals surface area contributed by atoms with Crippen molar-refractivity contribution in [2.75, 3.05) is 5.32 Å². The van der Waals surface area contributed by atoms with Gasteiger partial charge in [0.15, 0.2) is 0 Å². The maximum absolute atomic E-state index is 11.7. The number of aromatic nitrogens is 1. The third kappa shape index (κ3) is 3.78. The lowest BCUT2D eigenvalue weighted by Crippen LogP contribution is -2.28. The van der Waals surface area contributed by atoms with Crippen LogP contribution in [-0.4, -0.2) is 22.1 Å². The van der Waals surface area contributed by atoms with E-state index in [0.717, 1.165) is 5.69 Å². The van der Waals surface area contributed by atoms with Gasteiger partial charge in [-0.3, -0.25) is 0 Å². The number of carbonyl (C=O) groups is 2. The highest BCUT2D eigenvalue weighted by atomic mass is 79.9. The molecule has 0 unspecified atom stereocenters. The second kappa shape index (κ2) is 6.49. The number of carbonyl (C=O) groups excluding carboxylic acids is 1. The van der Waals surface area contributed by atoms with Crippen LogP contribution in [-0.2, 0) is 6.54 Å². The smallest absolute Gasteiger partial charge is 0.336 e. The summed E-state index contributed by atoms with van der Waals surface area (Å²) in [6.07, 6.45) is 0. The van der Waals surface area contributed by atoms with Gasteiger partial charge in [0.2, 0.25) is 0 Å². The lowest BCUT2D eigenvalue weighted by atomic mass is 10.2. The number of carboxylic acids is 1. The Morgan fingerprint density at radius 3 is 2.85 bits per heavy atom. The van der Waals surface area contributed by atoms with E-state index in [0.29, 0.717) is 16.7 Å². The molecule has 1 aromatic heterocycles. The maximum Gasteiger partial charge on any atom is 0.336 e. The summed E-state index contributed by atoms with van der Waals surface area (Å²) in [4.78, 5) is 26.7. The molecule has 0 radical (unpaired) electrons. The number of rotatable bonds is 4. The van der Waals surface area contributed by atoms with Crippen molar-refractivity contribution in [3.05, 3.63) is 44.8 Å². The summed E-state index contributed by atoms with van der Waals surface area (Å²) < 4.78 is 0.457. The molecule has 2 aromatic rings. The minimum atomic E-state index is -1.07. The summed E-state index contributed by atoms with van der Waals surface area (Å²) in [5.41, 5.74) is 2.94. The van der Waals surface area contributed by atoms with Crippen LogP contribution in [0.15, 0.2) is 33.6 Å². The zero-order valence-electron chi connectivity index (χ0n) is 10.1. The molecule has 20 heavy (non-hydrogen) atoms. The molecule has 8 heteroatoms. The summed E-state index contributed by atoms with van der Waals surface area (Å²) in [5.74, 6) is -1.07. The first-order valence-electron chi connectivity index (χ1n) is 5.51. The van der Waals surface area contributed by atoms with Crippen LogP contribution in [0.2, 0.25) is 0 Å². The van der Waals surface area contributed by atoms with Crippen LogP contribution in [0.4, 0.5) is 10.5 Å². The Labute approximate surface area is 127 Å². The fraction of sp³-hybridized carbons (Fsp3) is 0.0833. The van der Waals surface area contributed by atoms with E-state index < -0.39 is 12.0 Å². The molecule has 1 aromatic carbocycles. The largest absolute Gasteiger partial charge is 0.478 e. The normalized spacial score (nSPS) is 10.1. The first kappa shape index (κ1) is 14.5. The van der Waals surface area contributed by atoms with Crippen molar-refractivity contribution < 1.29 is 14.7 Å². The maximum atomic E-state index is 11.7. The molecule has 0 atom stereocenters. The highest BCUT2D eigenvalue weighted by Crippen LogP contribution is 2.21. The van der Waals surface area contributed by atoms with E-state index in [2.05, 4.69) is 31.5 Å². The Morgan fingerprint density at radius 2 is 2.20 bits per heavy atom. The number of hydrogen-bond acceptors (Lipinski definition) is 4. The van der Waals surface area contributed by atoms with Gasteiger partial charge in [-0.2, -0.15) is 0 Å². The molecule has 2 rings (SSSR count). The van der Waals surface area contributed by atoms with Crippen molar-refractivity contribution in [2.24, 2.45) is 0 Å². The molecule has 6 nitrogen and oxygen atoms in total. The number of hydrogen-bond donors (Lipinski definition) is 3. The van der Waals surface area contributed by atoms with Gasteiger partial charge in [-0.15, -0.1) is 11.3 Å². The molecule has 1 heterocycles. The Hall–Kier alpha value is -1.93. The lowest BCUT2D eigenvalue weighted by molar-refractivity contribution is 0.0696. The fourth-order valence-corrected chi connectivity index (χ4v) is 2.41. The average Bonchev–Trinajstić information content (AvgIpc) is 2.91. The average molecular weight is 356 g/mol. The quantitative estimate of drug-likeness (QED) is 0.786. The molecule has 0 saturated heterocycles. The number of aromatic carboxylic acids is 1. The monoisotopic (exact) mass is 355 g/mol. The van der Waals surface area contributed by atoms with Crippen LogP contribution in [0.25, 0.3) is 0 Å². The fourth-order valence-electron chi connectivity index (χ4n) is 1.44. The summed E-state index contributed by atoms with van der Waals surface area (Å²) in [6, 6.07) is 4.14. The molecule has 0 saturated carbocycles. The van der Waals surface area contributed by atoms with Gasteiger partial charge in [-0.05, 0) is 34.1 Å². The third-order valence-electron chi connectivity index (χ3n) is 2.37. The van der Waals surface area contributed by atoms with Gasteiger partial charge in [0.05, 0.1) is 23.3 Å². The number of nitrogens with one attached hydrogen (secondary N) is 2. The van der Waals surface area contributed by atoms with Crippen molar-refractivity contribution in [2.45, 2.75) is 6.54 Å². The molecule has 0 spiro atoms. The molecule has 0 aliphatic rings. The second-order valence-electron chi connectivity index (χ2n) is 3.79. The van der Waals surface area contributed by atoms with Crippen molar-refractivity contribution in [1.29, 1.82) is 0 Å². The van der Waals surface area contributed by atoms with Crippen LogP contribution in [0, 0.1) is 0 Å². The minimum absolute atomic E-state index is 0.0855. The standard InChI is InChI=1S/C12H10BrN3O3S/c13-10-2-1-7(3-9(10)11(17)18)16-12(19)14-4-8-5-20-6-15-8/h1-3,5-6H,4H2,(H,17,18)(H2,14,16,19). The Morgan fingerprint density at radius 1 is 1.40 bits per heavy atom. The molecule has 2 amide bonds. The summed E-state index contributed by atoms with van der Waals surface area (Å²) in [5, 5.41) is 16.0. The highest BCUT2D eigenvalue weighted by molar-refractivity contribution is 9.10. The molecule has 3 N–H and O–H groups in total. The molecular formula is C12H10BrN3O3S. The lowest BCUT2D eigenvalue weighted by Gasteiger charge is -2.08. The van der Waals surface area contributed by atoms with E-state index >= 15 is 0 Å². The van der Waals surface area contributed by atoms with E-state index in [9.17, 15) is 9.59 Å². The van der Waals surface area contributed by atoms with E-state index in [1.807, 2.05) is 5.38 Å². The van der Waals surface area contributed by atoms with E-state index in [-0.39, 0.29) is 5.56 Å². The van der Waals surface area contributed by atoms with Crippen molar-refractivity contribution in [3.63, 3.8) is 0 Å². The van der Waals surface area contributed by atoms with Crippen LogP contribution < -0.4 is 10.6 Å². The molecule has 0 bridgehead atoms. The number of thiazole rings is 1. The topological polar surface area (TPSA) is 91.3 Å². The SMILES string of the molecule is O=C(NCc1cscn1)Nc1ccc(Br)c(C(=O)O)c1. The summed E-state index contributed by atoms with van der Waals surface area (Å²) in [6.45, 7) is 0.317. The van der Waals surface area contributed by atoms with Gasteiger partial charge in [0.1, 0.15) is 0 Å². The number of anilines is 1.